The Balaban J connectivity index is 0. The molecule has 0 aromatic heterocycles. The van der Waals surface area contributed by atoms with E-state index in [1.165, 1.54) is 25.7 Å². The molecule has 0 aromatic carbocycles. The zero-order chi connectivity index (χ0) is 20.8. The quantitative estimate of drug-likeness (QED) is 0.207. The minimum absolute atomic E-state index is 0.132. The minimum Gasteiger partial charge on any atom is -0.481 e. The van der Waals surface area contributed by atoms with E-state index in [9.17, 15) is 14.7 Å². The number of aliphatic carboxylic acids is 2. The SMILES string of the molecule is C=CCCCCCCC(O)CC(=O)O.C=CCCCCCCCCC(=O)O. The molecule has 0 aliphatic rings. The largest absolute Gasteiger partial charge is 0.481 e. The van der Waals surface area contributed by atoms with Gasteiger partial charge in [-0.2, -0.15) is 0 Å². The monoisotopic (exact) mass is 384 g/mol. The number of hydrogen-bond donors (Lipinski definition) is 3. The summed E-state index contributed by atoms with van der Waals surface area (Å²) in [5.74, 6) is -1.60. The van der Waals surface area contributed by atoms with Crippen molar-refractivity contribution in [2.24, 2.45) is 0 Å². The lowest BCUT2D eigenvalue weighted by Crippen LogP contribution is -2.12. The van der Waals surface area contributed by atoms with E-state index in [2.05, 4.69) is 13.2 Å². The van der Waals surface area contributed by atoms with E-state index in [4.69, 9.17) is 10.2 Å². The summed E-state index contributed by atoms with van der Waals surface area (Å²) in [6, 6.07) is 0. The zero-order valence-corrected chi connectivity index (χ0v) is 16.9. The van der Waals surface area contributed by atoms with Crippen LogP contribution in [-0.2, 0) is 9.59 Å². The molecule has 0 heterocycles. The lowest BCUT2D eigenvalue weighted by atomic mass is 10.1. The van der Waals surface area contributed by atoms with Crippen molar-refractivity contribution in [3.05, 3.63) is 25.3 Å². The van der Waals surface area contributed by atoms with Crippen LogP contribution in [0.3, 0.4) is 0 Å². The molecule has 0 aliphatic heterocycles. The number of hydrogen-bond acceptors (Lipinski definition) is 3. The van der Waals surface area contributed by atoms with Crippen LogP contribution >= 0.6 is 0 Å². The molecule has 5 nitrogen and oxygen atoms in total. The maximum absolute atomic E-state index is 10.2. The molecule has 0 rings (SSSR count). The fourth-order valence-electron chi connectivity index (χ4n) is 2.60. The van der Waals surface area contributed by atoms with Gasteiger partial charge in [0.2, 0.25) is 0 Å². The Morgan fingerprint density at radius 3 is 1.59 bits per heavy atom. The highest BCUT2D eigenvalue weighted by Crippen LogP contribution is 2.09. The molecule has 0 amide bonds. The maximum Gasteiger partial charge on any atom is 0.305 e. The first-order valence-electron chi connectivity index (χ1n) is 10.3. The standard InChI is InChI=1S/C11H20O3.C11H20O2/c1-2-3-4-5-6-7-8-10(12)9-11(13)14;1-2-3-4-5-6-7-8-9-10-11(12)13/h2,10,12H,1,3-9H2,(H,13,14);2H,1,3-10H2,(H,12,13). The third kappa shape index (κ3) is 29.4. The summed E-state index contributed by atoms with van der Waals surface area (Å²) < 4.78 is 0. The van der Waals surface area contributed by atoms with Crippen molar-refractivity contribution in [2.45, 2.75) is 102 Å². The van der Waals surface area contributed by atoms with Crippen LogP contribution in [0.4, 0.5) is 0 Å². The summed E-state index contributed by atoms with van der Waals surface area (Å²) >= 11 is 0. The number of aliphatic hydroxyl groups is 1. The Morgan fingerprint density at radius 1 is 0.704 bits per heavy atom. The summed E-state index contributed by atoms with van der Waals surface area (Å²) in [6.07, 6.45) is 17.1. The predicted molar refractivity (Wildman–Crippen MR) is 111 cm³/mol. The maximum atomic E-state index is 10.2. The van der Waals surface area contributed by atoms with Crippen molar-refractivity contribution in [1.82, 2.24) is 0 Å². The molecule has 5 heteroatoms. The number of carbonyl (C=O) groups is 2. The topological polar surface area (TPSA) is 94.8 Å². The van der Waals surface area contributed by atoms with Crippen LogP contribution in [-0.4, -0.2) is 33.4 Å². The number of aliphatic hydroxyl groups excluding tert-OH is 1. The van der Waals surface area contributed by atoms with Gasteiger partial charge in [-0.25, -0.2) is 0 Å². The summed E-state index contributed by atoms with van der Waals surface area (Å²) in [7, 11) is 0. The van der Waals surface area contributed by atoms with Crippen LogP contribution in [0.2, 0.25) is 0 Å². The smallest absolute Gasteiger partial charge is 0.305 e. The molecule has 0 spiro atoms. The van der Waals surface area contributed by atoms with E-state index in [0.29, 0.717) is 12.8 Å². The molecule has 1 atom stereocenters. The van der Waals surface area contributed by atoms with Crippen LogP contribution < -0.4 is 0 Å². The molecular formula is C22H40O5. The first-order chi connectivity index (χ1) is 12.9. The highest BCUT2D eigenvalue weighted by atomic mass is 16.4. The van der Waals surface area contributed by atoms with Gasteiger partial charge in [0.25, 0.3) is 0 Å². The Morgan fingerprint density at radius 2 is 1.15 bits per heavy atom. The second-order valence-corrected chi connectivity index (χ2v) is 6.87. The highest BCUT2D eigenvalue weighted by molar-refractivity contribution is 5.67. The molecule has 27 heavy (non-hydrogen) atoms. The van der Waals surface area contributed by atoms with Crippen LogP contribution in [0.1, 0.15) is 96.3 Å². The van der Waals surface area contributed by atoms with E-state index in [1.807, 2.05) is 12.2 Å². The van der Waals surface area contributed by atoms with Gasteiger partial charge in [-0.15, -0.1) is 13.2 Å². The lowest BCUT2D eigenvalue weighted by molar-refractivity contribution is -0.139. The van der Waals surface area contributed by atoms with Gasteiger partial charge in [-0.05, 0) is 38.5 Å². The van der Waals surface area contributed by atoms with Crippen molar-refractivity contribution in [3.8, 4) is 0 Å². The highest BCUT2D eigenvalue weighted by Gasteiger charge is 2.08. The van der Waals surface area contributed by atoms with Crippen molar-refractivity contribution in [3.63, 3.8) is 0 Å². The van der Waals surface area contributed by atoms with Gasteiger partial charge in [0.15, 0.2) is 0 Å². The molecule has 158 valence electrons. The van der Waals surface area contributed by atoms with Crippen molar-refractivity contribution < 1.29 is 24.9 Å². The molecule has 3 N–H and O–H groups in total. The average molecular weight is 385 g/mol. The van der Waals surface area contributed by atoms with Crippen molar-refractivity contribution in [1.29, 1.82) is 0 Å². The Kier molecular flexibility index (Phi) is 22.9. The van der Waals surface area contributed by atoms with Gasteiger partial charge in [0, 0.05) is 6.42 Å². The Hall–Kier alpha value is -1.62. The number of unbranched alkanes of at least 4 members (excludes halogenated alkanes) is 10. The van der Waals surface area contributed by atoms with Gasteiger partial charge in [0.1, 0.15) is 0 Å². The Bertz CT molecular complexity index is 379. The second-order valence-electron chi connectivity index (χ2n) is 6.87. The summed E-state index contributed by atoms with van der Waals surface area (Å²) in [6.45, 7) is 7.30. The fraction of sp³-hybridized carbons (Fsp3) is 0.727. The van der Waals surface area contributed by atoms with Gasteiger partial charge in [-0.1, -0.05) is 57.1 Å². The van der Waals surface area contributed by atoms with E-state index < -0.39 is 18.0 Å². The molecule has 0 bridgehead atoms. The van der Waals surface area contributed by atoms with Crippen LogP contribution in [0.5, 0.6) is 0 Å². The molecule has 0 fully saturated rings. The summed E-state index contributed by atoms with van der Waals surface area (Å²) in [5.41, 5.74) is 0. The van der Waals surface area contributed by atoms with Gasteiger partial charge < -0.3 is 15.3 Å². The van der Waals surface area contributed by atoms with Crippen LogP contribution in [0, 0.1) is 0 Å². The second kappa shape index (κ2) is 22.4. The molecular weight excluding hydrogens is 344 g/mol. The van der Waals surface area contributed by atoms with Gasteiger partial charge >= 0.3 is 11.9 Å². The number of allylic oxidation sites excluding steroid dienone is 2. The number of carboxylic acid groups (broad SMARTS) is 2. The molecule has 0 aliphatic carbocycles. The fourth-order valence-corrected chi connectivity index (χ4v) is 2.60. The first kappa shape index (κ1) is 27.6. The molecule has 1 unspecified atom stereocenters. The van der Waals surface area contributed by atoms with E-state index in [0.717, 1.165) is 51.4 Å². The minimum atomic E-state index is -0.927. The third-order valence-electron chi connectivity index (χ3n) is 4.15. The number of carboxylic acids is 2. The van der Waals surface area contributed by atoms with Gasteiger partial charge in [0.05, 0.1) is 12.5 Å². The predicted octanol–water partition coefficient (Wildman–Crippen LogP) is 5.73. The average Bonchev–Trinajstić information content (AvgIpc) is 2.60. The van der Waals surface area contributed by atoms with Crippen molar-refractivity contribution in [2.75, 3.05) is 0 Å². The van der Waals surface area contributed by atoms with Crippen molar-refractivity contribution >= 4 is 11.9 Å². The normalized spacial score (nSPS) is 11.1. The Labute approximate surface area is 165 Å². The van der Waals surface area contributed by atoms with Crippen LogP contribution in [0.25, 0.3) is 0 Å². The van der Waals surface area contributed by atoms with E-state index in [-0.39, 0.29) is 6.42 Å². The first-order valence-corrected chi connectivity index (χ1v) is 10.3. The zero-order valence-electron chi connectivity index (χ0n) is 16.9. The van der Waals surface area contributed by atoms with Crippen LogP contribution in [0.15, 0.2) is 25.3 Å². The number of rotatable bonds is 18. The third-order valence-corrected chi connectivity index (χ3v) is 4.15. The summed E-state index contributed by atoms with van der Waals surface area (Å²) in [4.78, 5) is 20.4. The molecule has 0 saturated carbocycles. The van der Waals surface area contributed by atoms with E-state index >= 15 is 0 Å². The molecule has 0 radical (unpaired) electrons. The lowest BCUT2D eigenvalue weighted by Gasteiger charge is -2.06. The molecule has 0 saturated heterocycles. The van der Waals surface area contributed by atoms with Gasteiger partial charge in [-0.3, -0.25) is 9.59 Å². The summed E-state index contributed by atoms with van der Waals surface area (Å²) in [5, 5.41) is 26.0. The molecule has 0 aromatic rings. The van der Waals surface area contributed by atoms with E-state index in [1.54, 1.807) is 0 Å².